The molecule has 134 valence electrons. The van der Waals surface area contributed by atoms with E-state index in [2.05, 4.69) is 5.11 Å². The number of para-hydroxylation sites is 1. The summed E-state index contributed by atoms with van der Waals surface area (Å²) in [4.78, 5) is 11.2. The van der Waals surface area contributed by atoms with E-state index < -0.39 is 26.0 Å². The van der Waals surface area contributed by atoms with Crippen LogP contribution in [-0.4, -0.2) is 26.0 Å². The number of rotatable bonds is 9. The molecule has 2 aromatic carbocycles. The van der Waals surface area contributed by atoms with Gasteiger partial charge in [0.05, 0.1) is 11.3 Å². The highest BCUT2D eigenvalue weighted by atomic mass is 32.2. The zero-order chi connectivity index (χ0) is 21.6. The van der Waals surface area contributed by atoms with Crippen LogP contribution in [0.2, 0.25) is 4.24 Å². The van der Waals surface area contributed by atoms with Gasteiger partial charge in [0.15, 0.2) is 7.16 Å². The van der Waals surface area contributed by atoms with Crippen molar-refractivity contribution in [2.24, 2.45) is 5.13 Å². The average molecular weight is 368 g/mol. The third-order valence-electron chi connectivity index (χ3n) is 3.31. The van der Waals surface area contributed by atoms with Gasteiger partial charge >= 0.3 is 5.97 Å². The summed E-state index contributed by atoms with van der Waals surface area (Å²) in [6, 6.07) is 10.2. The number of nitrogens with one attached hydrogen (secondary N) is 1. The van der Waals surface area contributed by atoms with Crippen molar-refractivity contribution in [2.45, 2.75) is 24.7 Å². The fourth-order valence-electron chi connectivity index (χ4n) is 2.08. The van der Waals surface area contributed by atoms with Crippen LogP contribution in [-0.2, 0) is 10.0 Å². The summed E-state index contributed by atoms with van der Waals surface area (Å²) in [5.41, 5.74) is -0.407. The number of aromatic carboxylic acids is 1. The number of ether oxygens (including phenoxy) is 1. The maximum atomic E-state index is 12.6. The van der Waals surface area contributed by atoms with Crippen LogP contribution in [0.4, 0.5) is 5.69 Å². The molecule has 0 fully saturated rings. The van der Waals surface area contributed by atoms with E-state index in [1.54, 1.807) is 30.3 Å². The molecule has 2 aromatic rings. The lowest BCUT2D eigenvalue weighted by Crippen LogP contribution is -2.16. The molecule has 0 unspecified atom stereocenters. The van der Waals surface area contributed by atoms with E-state index in [-0.39, 0.29) is 29.3 Å². The van der Waals surface area contributed by atoms with Crippen molar-refractivity contribution in [3.63, 3.8) is 0 Å². The number of carbonyl (C=O) groups is 1. The van der Waals surface area contributed by atoms with Crippen molar-refractivity contribution in [3.8, 4) is 11.5 Å². The van der Waals surface area contributed by atoms with Gasteiger partial charge in [-0.1, -0.05) is 31.5 Å². The molecule has 0 radical (unpaired) electrons. The second kappa shape index (κ2) is 8.00. The summed E-state index contributed by atoms with van der Waals surface area (Å²) < 4.78 is 60.5. The molecule has 0 amide bonds. The molecular weight excluding hydrogens is 344 g/mol. The lowest BCUT2D eigenvalue weighted by molar-refractivity contribution is 0.0696. The van der Waals surface area contributed by atoms with E-state index in [0.29, 0.717) is 6.42 Å². The molecule has 7 nitrogen and oxygen atoms in total. The Kier molecular flexibility index (Phi) is 4.38. The number of carboxylic acid groups (broad SMARTS) is 1. The van der Waals surface area contributed by atoms with Gasteiger partial charge in [-0.3, -0.25) is 0 Å². The normalized spacial score (nSPS) is 13.4. The minimum Gasteiger partial charge on any atom is -0.478 e. The number of primary sulfonamides is 1. The Labute approximate surface area is 152 Å². The Bertz CT molecular complexity index is 958. The number of hydrogen-bond acceptors (Lipinski definition) is 6. The topological polar surface area (TPSA) is 119 Å². The lowest BCUT2D eigenvalue weighted by atomic mass is 10.1. The summed E-state index contributed by atoms with van der Waals surface area (Å²) in [6.07, 6.45) is 1.36. The first kappa shape index (κ1) is 13.7. The molecular formula is C17H20N2O5S. The van der Waals surface area contributed by atoms with E-state index in [9.17, 15) is 13.2 Å². The number of carboxylic acids is 1. The molecule has 0 aliphatic carbocycles. The van der Waals surface area contributed by atoms with E-state index in [1.807, 2.05) is 6.92 Å². The molecule has 0 spiro atoms. The Morgan fingerprint density at radius 1 is 1.40 bits per heavy atom. The van der Waals surface area contributed by atoms with Crippen molar-refractivity contribution in [3.05, 3.63) is 48.0 Å². The molecule has 8 heteroatoms. The van der Waals surface area contributed by atoms with Crippen LogP contribution < -0.4 is 15.2 Å². The standard InChI is InChI=1S/C17H20N2O5S/c1-2-3-9-19-14-10-12(17(20)21)11-15(25(18,22)23)16(14)24-13-7-5-4-6-8-13/h4-8,10-11,19H,2-3,9H2,1H3,(H,20,21)(H2,18,22,23)/i/hD4. The van der Waals surface area contributed by atoms with Crippen LogP contribution in [0.25, 0.3) is 1.43 Å². The van der Waals surface area contributed by atoms with Gasteiger partial charge in [0.2, 0.25) is 10.0 Å². The molecule has 25 heavy (non-hydrogen) atoms. The van der Waals surface area contributed by atoms with Gasteiger partial charge in [0.25, 0.3) is 1.43 Å². The molecule has 0 aliphatic heterocycles. The largest absolute Gasteiger partial charge is 0.478 e. The SMILES string of the molecule is [2H]OC(=O)c1cc(N([2H])CCCC)c(Oc2ccccc2)c(S(=O)(=O)N([2H])[2H])c1. The quantitative estimate of drug-likeness (QED) is 0.626. The highest BCUT2D eigenvalue weighted by Crippen LogP contribution is 2.37. The van der Waals surface area contributed by atoms with Crippen molar-refractivity contribution >= 4 is 21.7 Å². The summed E-state index contributed by atoms with van der Waals surface area (Å²) in [5, 5.41) is 4.37. The minimum absolute atomic E-state index is 0.0781. The molecule has 0 saturated heterocycles. The van der Waals surface area contributed by atoms with Crippen LogP contribution in [0.15, 0.2) is 47.4 Å². The zero-order valence-corrected chi connectivity index (χ0v) is 14.3. The highest BCUT2D eigenvalue weighted by Gasteiger charge is 2.23. The number of nitrogens with two attached hydrogens (primary N) is 1. The van der Waals surface area contributed by atoms with Crippen LogP contribution in [0.3, 0.4) is 0 Å². The molecule has 0 aromatic heterocycles. The minimum atomic E-state index is -4.71. The Hall–Kier alpha value is -2.58. The van der Waals surface area contributed by atoms with Gasteiger partial charge in [-0.25, -0.2) is 18.3 Å². The first-order valence-corrected chi connectivity index (χ1v) is 9.04. The summed E-state index contributed by atoms with van der Waals surface area (Å²) in [5.74, 6) is -1.21. The smallest absolute Gasteiger partial charge is 0.335 e. The Balaban J connectivity index is 2.77. The highest BCUT2D eigenvalue weighted by molar-refractivity contribution is 7.89. The number of hydrogen-bond donors (Lipinski definition) is 3. The molecule has 4 N–H and O–H groups in total. The summed E-state index contributed by atoms with van der Waals surface area (Å²) >= 11 is 0. The van der Waals surface area contributed by atoms with Gasteiger partial charge in [-0.05, 0) is 30.7 Å². The van der Waals surface area contributed by atoms with E-state index in [4.69, 9.17) is 10.4 Å². The van der Waals surface area contributed by atoms with Gasteiger partial charge in [-0.15, -0.1) is 0 Å². The summed E-state index contributed by atoms with van der Waals surface area (Å²) in [6.45, 7) is 2.11. The van der Waals surface area contributed by atoms with Crippen molar-refractivity contribution < 1.29 is 27.3 Å². The predicted molar refractivity (Wildman–Crippen MR) is 94.7 cm³/mol. The number of benzene rings is 2. The van der Waals surface area contributed by atoms with Gasteiger partial charge in [0.1, 0.15) is 13.5 Å². The molecule has 0 bridgehead atoms. The zero-order valence-electron chi connectivity index (χ0n) is 17.5. The Morgan fingerprint density at radius 3 is 2.80 bits per heavy atom. The fraction of sp³-hybridized carbons (Fsp3) is 0.235. The van der Waals surface area contributed by atoms with Crippen LogP contribution in [0.1, 0.15) is 30.1 Å². The monoisotopic (exact) mass is 368 g/mol. The van der Waals surface area contributed by atoms with E-state index in [1.165, 1.54) is 6.07 Å². The predicted octanol–water partition coefficient (Wildman–Crippen LogP) is 3.04. The van der Waals surface area contributed by atoms with Crippen molar-refractivity contribution in [1.29, 1.82) is 1.43 Å². The maximum Gasteiger partial charge on any atom is 0.335 e. The van der Waals surface area contributed by atoms with Crippen LogP contribution in [0.5, 0.6) is 11.5 Å². The Morgan fingerprint density at radius 2 is 2.16 bits per heavy atom. The summed E-state index contributed by atoms with van der Waals surface area (Å²) in [7, 11) is -4.71. The number of unbranched alkanes of at least 4 members (excludes halogenated alkanes) is 1. The third-order valence-corrected chi connectivity index (χ3v) is 4.16. The van der Waals surface area contributed by atoms with Gasteiger partial charge < -0.3 is 15.2 Å². The van der Waals surface area contributed by atoms with Gasteiger partial charge in [-0.2, -0.15) is 0 Å². The molecule has 0 aliphatic rings. The average Bonchev–Trinajstić information content (AvgIpc) is 2.71. The first-order valence-electron chi connectivity index (χ1n) is 9.35. The van der Waals surface area contributed by atoms with Crippen LogP contribution >= 0.6 is 0 Å². The van der Waals surface area contributed by atoms with Crippen molar-refractivity contribution in [1.82, 2.24) is 0 Å². The second-order valence-corrected chi connectivity index (χ2v) is 6.63. The second-order valence-electron chi connectivity index (χ2n) is 5.24. The van der Waals surface area contributed by atoms with Crippen LogP contribution in [0, 0.1) is 0 Å². The maximum absolute atomic E-state index is 12.6. The van der Waals surface area contributed by atoms with Crippen molar-refractivity contribution in [2.75, 3.05) is 11.9 Å². The third kappa shape index (κ3) is 4.94. The number of anilines is 1. The molecule has 2 rings (SSSR count). The van der Waals surface area contributed by atoms with Gasteiger partial charge in [0, 0.05) is 6.54 Å². The molecule has 0 saturated carbocycles. The van der Waals surface area contributed by atoms with E-state index in [0.717, 1.165) is 17.8 Å². The lowest BCUT2D eigenvalue weighted by Gasteiger charge is -2.17. The fourth-order valence-corrected chi connectivity index (χ4v) is 2.74. The number of sulfonamides is 1. The molecule has 0 atom stereocenters. The molecule has 0 heterocycles. The van der Waals surface area contributed by atoms with E-state index >= 15 is 0 Å². The first-order chi connectivity index (χ1) is 13.7.